The van der Waals surface area contributed by atoms with Crippen molar-refractivity contribution in [2.75, 3.05) is 25.7 Å². The number of carbonyl (C=O) groups is 2. The molecule has 33 heavy (non-hydrogen) atoms. The summed E-state index contributed by atoms with van der Waals surface area (Å²) in [4.78, 5) is 48.0. The monoisotopic (exact) mass is 450 g/mol. The fraction of sp³-hybridized carbons (Fsp3) is 0.400. The van der Waals surface area contributed by atoms with E-state index in [0.29, 0.717) is 48.4 Å². The number of Topliss-reactive ketones (excluding diaryl/α,β-unsaturated/α-hetero) is 1. The Hall–Kier alpha value is -3.39. The van der Waals surface area contributed by atoms with E-state index in [2.05, 4.69) is 9.97 Å². The Bertz CT molecular complexity index is 1190. The van der Waals surface area contributed by atoms with Gasteiger partial charge in [0, 0.05) is 27.0 Å². The molecule has 0 radical (unpaired) electrons. The summed E-state index contributed by atoms with van der Waals surface area (Å²) in [6.07, 6.45) is 1.66. The number of fused-ring (bicyclic) bond motifs is 1. The number of aryl methyl sites for hydroxylation is 1. The first kappa shape index (κ1) is 24.3. The molecule has 3 rings (SSSR count). The number of aromatic nitrogens is 3. The Balaban J connectivity index is 2.24. The van der Waals surface area contributed by atoms with E-state index in [1.165, 1.54) is 11.8 Å². The molecule has 2 aromatic heterocycles. The summed E-state index contributed by atoms with van der Waals surface area (Å²) in [6.45, 7) is 3.58. The van der Waals surface area contributed by atoms with Crippen LogP contribution in [0.5, 0.6) is 0 Å². The van der Waals surface area contributed by atoms with E-state index < -0.39 is 6.04 Å². The van der Waals surface area contributed by atoms with Crippen LogP contribution in [0.4, 0.5) is 5.82 Å². The molecular weight excluding hydrogens is 420 g/mol. The molecule has 3 aromatic rings. The van der Waals surface area contributed by atoms with Gasteiger partial charge in [-0.25, -0.2) is 9.97 Å². The van der Waals surface area contributed by atoms with Crippen LogP contribution in [0.2, 0.25) is 0 Å². The maximum atomic E-state index is 13.7. The average Bonchev–Trinajstić information content (AvgIpc) is 2.82. The number of hydrogen-bond donors (Lipinski definition) is 0. The van der Waals surface area contributed by atoms with Crippen LogP contribution >= 0.6 is 0 Å². The lowest BCUT2D eigenvalue weighted by Crippen LogP contribution is -2.33. The van der Waals surface area contributed by atoms with Crippen molar-refractivity contribution in [1.29, 1.82) is 0 Å². The van der Waals surface area contributed by atoms with Gasteiger partial charge in [-0.2, -0.15) is 0 Å². The quantitative estimate of drug-likeness (QED) is 0.470. The van der Waals surface area contributed by atoms with Gasteiger partial charge in [-0.3, -0.25) is 19.1 Å². The number of ether oxygens (including phenoxy) is 1. The zero-order chi connectivity index (χ0) is 24.0. The molecule has 0 bridgehead atoms. The summed E-state index contributed by atoms with van der Waals surface area (Å²) >= 11 is 0. The molecule has 0 fully saturated rings. The van der Waals surface area contributed by atoms with Crippen molar-refractivity contribution in [1.82, 2.24) is 14.5 Å². The largest absolute Gasteiger partial charge is 0.382 e. The number of rotatable bonds is 10. The number of carbonyl (C=O) groups excluding carboxylic acids is 2. The first-order valence-corrected chi connectivity index (χ1v) is 11.1. The first-order chi connectivity index (χ1) is 15.9. The molecule has 0 saturated carbocycles. The molecule has 8 heteroatoms. The van der Waals surface area contributed by atoms with E-state index in [0.717, 1.165) is 5.56 Å². The molecule has 0 aliphatic rings. The number of ketones is 1. The van der Waals surface area contributed by atoms with Crippen molar-refractivity contribution in [2.24, 2.45) is 0 Å². The van der Waals surface area contributed by atoms with Gasteiger partial charge in [0.2, 0.25) is 5.91 Å². The molecule has 0 aliphatic carbocycles. The van der Waals surface area contributed by atoms with Crippen molar-refractivity contribution >= 4 is 28.7 Å². The zero-order valence-corrected chi connectivity index (χ0v) is 19.6. The molecule has 0 spiro atoms. The third kappa shape index (κ3) is 5.51. The first-order valence-electron chi connectivity index (χ1n) is 11.1. The van der Waals surface area contributed by atoms with Crippen LogP contribution in [0.1, 0.15) is 50.4 Å². The molecule has 0 saturated heterocycles. The van der Waals surface area contributed by atoms with Crippen LogP contribution in [-0.4, -0.2) is 47.0 Å². The second-order valence-corrected chi connectivity index (χ2v) is 7.99. The van der Waals surface area contributed by atoms with Gasteiger partial charge in [0.25, 0.3) is 5.56 Å². The fourth-order valence-electron chi connectivity index (χ4n) is 3.79. The molecule has 1 atom stereocenters. The summed E-state index contributed by atoms with van der Waals surface area (Å²) in [6, 6.07) is 12.7. The highest BCUT2D eigenvalue weighted by atomic mass is 16.5. The van der Waals surface area contributed by atoms with Crippen LogP contribution in [-0.2, 0) is 20.7 Å². The van der Waals surface area contributed by atoms with Crippen LogP contribution in [0.25, 0.3) is 11.2 Å². The number of amides is 1. The SMILES string of the molecule is CCC(=O)N(C)c1ccc2nc(CCCC(C)=O)c(=O)n([C@@H](COC)c3ccccc3)c2n1. The van der Waals surface area contributed by atoms with Crippen molar-refractivity contribution in [3.63, 3.8) is 0 Å². The normalized spacial score (nSPS) is 12.0. The standard InChI is InChI=1S/C25H30N4O4/c1-5-23(31)28(3)22-15-14-19-24(27-22)29(21(16-33-4)18-11-7-6-8-12-18)25(32)20(26-19)13-9-10-17(2)30/h6-8,11-12,14-15,21H,5,9-10,13,16H2,1-4H3/t21-/m0/s1. The lowest BCUT2D eigenvalue weighted by atomic mass is 10.1. The lowest BCUT2D eigenvalue weighted by molar-refractivity contribution is -0.118. The molecule has 1 amide bonds. The third-order valence-corrected chi connectivity index (χ3v) is 5.57. The number of hydrogen-bond acceptors (Lipinski definition) is 6. The number of benzene rings is 1. The van der Waals surface area contributed by atoms with Crippen LogP contribution in [0, 0.1) is 0 Å². The molecule has 0 N–H and O–H groups in total. The average molecular weight is 451 g/mol. The van der Waals surface area contributed by atoms with Gasteiger partial charge in [-0.1, -0.05) is 37.3 Å². The summed E-state index contributed by atoms with van der Waals surface area (Å²) in [5, 5.41) is 0. The number of nitrogens with zero attached hydrogens (tertiary/aromatic N) is 4. The van der Waals surface area contributed by atoms with E-state index in [9.17, 15) is 14.4 Å². The van der Waals surface area contributed by atoms with Crippen LogP contribution < -0.4 is 10.5 Å². The fourth-order valence-corrected chi connectivity index (χ4v) is 3.79. The third-order valence-electron chi connectivity index (χ3n) is 5.57. The predicted octanol–water partition coefficient (Wildman–Crippen LogP) is 3.31. The Labute approximate surface area is 193 Å². The van der Waals surface area contributed by atoms with Crippen LogP contribution in [0.15, 0.2) is 47.3 Å². The zero-order valence-electron chi connectivity index (χ0n) is 19.6. The summed E-state index contributed by atoms with van der Waals surface area (Å²) in [5.41, 5.74) is 1.94. The van der Waals surface area contributed by atoms with Gasteiger partial charge in [0.1, 0.15) is 22.8 Å². The summed E-state index contributed by atoms with van der Waals surface area (Å²) < 4.78 is 7.09. The number of methoxy groups -OCH3 is 1. The van der Waals surface area contributed by atoms with Gasteiger partial charge in [0.15, 0.2) is 5.65 Å². The lowest BCUT2D eigenvalue weighted by Gasteiger charge is -2.23. The molecule has 0 aliphatic heterocycles. The smallest absolute Gasteiger partial charge is 0.274 e. The maximum Gasteiger partial charge on any atom is 0.274 e. The van der Waals surface area contributed by atoms with E-state index in [4.69, 9.17) is 4.74 Å². The van der Waals surface area contributed by atoms with Gasteiger partial charge >= 0.3 is 0 Å². The van der Waals surface area contributed by atoms with Crippen molar-refractivity contribution < 1.29 is 14.3 Å². The van der Waals surface area contributed by atoms with Crippen LogP contribution in [0.3, 0.4) is 0 Å². The highest BCUT2D eigenvalue weighted by Gasteiger charge is 2.23. The van der Waals surface area contributed by atoms with Crippen molar-refractivity contribution in [3.8, 4) is 0 Å². The van der Waals surface area contributed by atoms with E-state index >= 15 is 0 Å². The summed E-state index contributed by atoms with van der Waals surface area (Å²) in [5.74, 6) is 0.437. The molecular formula is C25H30N4O4. The minimum absolute atomic E-state index is 0.0765. The molecule has 1 aromatic carbocycles. The topological polar surface area (TPSA) is 94.4 Å². The second-order valence-electron chi connectivity index (χ2n) is 7.99. The van der Waals surface area contributed by atoms with Crippen molar-refractivity contribution in [3.05, 3.63) is 64.1 Å². The number of anilines is 1. The minimum Gasteiger partial charge on any atom is -0.382 e. The highest BCUT2D eigenvalue weighted by Crippen LogP contribution is 2.23. The Morgan fingerprint density at radius 3 is 2.48 bits per heavy atom. The van der Waals surface area contributed by atoms with E-state index in [1.807, 2.05) is 30.3 Å². The van der Waals surface area contributed by atoms with Crippen molar-refractivity contribution in [2.45, 2.75) is 45.6 Å². The van der Waals surface area contributed by atoms with Gasteiger partial charge < -0.3 is 9.53 Å². The van der Waals surface area contributed by atoms with Gasteiger partial charge in [-0.15, -0.1) is 0 Å². The Kier molecular flexibility index (Phi) is 8.06. The molecule has 2 heterocycles. The highest BCUT2D eigenvalue weighted by molar-refractivity contribution is 5.92. The Morgan fingerprint density at radius 1 is 1.12 bits per heavy atom. The second kappa shape index (κ2) is 11.0. The molecule has 8 nitrogen and oxygen atoms in total. The minimum atomic E-state index is -0.435. The molecule has 174 valence electrons. The van der Waals surface area contributed by atoms with Gasteiger partial charge in [-0.05, 0) is 37.5 Å². The molecule has 0 unspecified atom stereocenters. The van der Waals surface area contributed by atoms with Gasteiger partial charge in [0.05, 0.1) is 12.6 Å². The summed E-state index contributed by atoms with van der Waals surface area (Å²) in [7, 11) is 3.25. The maximum absolute atomic E-state index is 13.7. The van der Waals surface area contributed by atoms with E-state index in [1.54, 1.807) is 37.8 Å². The number of pyridine rings is 1. The predicted molar refractivity (Wildman–Crippen MR) is 128 cm³/mol. The van der Waals surface area contributed by atoms with E-state index in [-0.39, 0.29) is 23.9 Å². The Morgan fingerprint density at radius 2 is 1.85 bits per heavy atom.